The molecule has 31 heavy (non-hydrogen) atoms. The molecule has 0 aliphatic rings. The zero-order chi connectivity index (χ0) is 22.1. The normalized spacial score (nSPS) is 11.8. The fourth-order valence-corrected chi connectivity index (χ4v) is 4.86. The Kier molecular flexibility index (Phi) is 6.06. The van der Waals surface area contributed by atoms with E-state index in [1.165, 1.54) is 11.3 Å². The van der Waals surface area contributed by atoms with E-state index in [4.69, 9.17) is 15.2 Å². The number of unbranched alkanes of at least 4 members (excludes halogenated alkanes) is 2. The van der Waals surface area contributed by atoms with Crippen molar-refractivity contribution < 1.29 is 5.11 Å². The van der Waals surface area contributed by atoms with Crippen molar-refractivity contribution in [2.45, 2.75) is 52.6 Å². The summed E-state index contributed by atoms with van der Waals surface area (Å²) in [6.45, 7) is 6.85. The van der Waals surface area contributed by atoms with E-state index in [9.17, 15) is 4.79 Å². The lowest BCUT2D eigenvalue weighted by Gasteiger charge is -2.12. The summed E-state index contributed by atoms with van der Waals surface area (Å²) in [5, 5.41) is 14.4. The Bertz CT molecular complexity index is 1260. The van der Waals surface area contributed by atoms with Crippen molar-refractivity contribution in [2.75, 3.05) is 6.61 Å². The number of aryl methyl sites for hydroxylation is 2. The van der Waals surface area contributed by atoms with Crippen molar-refractivity contribution in [3.8, 4) is 22.2 Å². The van der Waals surface area contributed by atoms with Crippen molar-refractivity contribution in [3.63, 3.8) is 0 Å². The summed E-state index contributed by atoms with van der Waals surface area (Å²) in [7, 11) is 1.90. The molecule has 4 aromatic rings. The van der Waals surface area contributed by atoms with Crippen LogP contribution in [0.25, 0.3) is 32.4 Å². The van der Waals surface area contributed by atoms with Crippen LogP contribution in [0.5, 0.6) is 0 Å². The van der Waals surface area contributed by atoms with Gasteiger partial charge >= 0.3 is 0 Å². The number of fused-ring (bicyclic) bond motifs is 1. The fraction of sp³-hybridized carbons (Fsp3) is 0.455. The number of hydrogen-bond acceptors (Lipinski definition) is 6. The summed E-state index contributed by atoms with van der Waals surface area (Å²) in [5.74, 6) is 1.24. The summed E-state index contributed by atoms with van der Waals surface area (Å²) < 4.78 is 5.53. The molecule has 0 spiro atoms. The second kappa shape index (κ2) is 8.76. The van der Waals surface area contributed by atoms with Gasteiger partial charge in [0.1, 0.15) is 10.5 Å². The van der Waals surface area contributed by atoms with E-state index in [1.54, 1.807) is 10.8 Å². The summed E-state index contributed by atoms with van der Waals surface area (Å²) in [6, 6.07) is 2.26. The van der Waals surface area contributed by atoms with Crippen LogP contribution in [0.4, 0.5) is 0 Å². The summed E-state index contributed by atoms with van der Waals surface area (Å²) in [4.78, 5) is 24.6. The molecule has 0 fully saturated rings. The monoisotopic (exact) mass is 440 g/mol. The number of rotatable bonds is 8. The fourth-order valence-electron chi connectivity index (χ4n) is 3.73. The molecule has 0 radical (unpaired) electrons. The molecule has 0 bridgehead atoms. The number of aliphatic hydroxyl groups is 1. The van der Waals surface area contributed by atoms with Crippen molar-refractivity contribution in [2.24, 2.45) is 7.05 Å². The molecule has 8 nitrogen and oxygen atoms in total. The first-order chi connectivity index (χ1) is 14.9. The maximum Gasteiger partial charge on any atom is 0.262 e. The van der Waals surface area contributed by atoms with Gasteiger partial charge in [-0.15, -0.1) is 11.3 Å². The molecule has 0 amide bonds. The molecule has 0 unspecified atom stereocenters. The number of aliphatic hydroxyl groups excluding tert-OH is 1. The highest BCUT2D eigenvalue weighted by atomic mass is 32.1. The molecule has 9 heteroatoms. The zero-order valence-corrected chi connectivity index (χ0v) is 19.2. The second-order valence-electron chi connectivity index (χ2n) is 8.05. The summed E-state index contributed by atoms with van der Waals surface area (Å²) in [5.41, 5.74) is 1.74. The van der Waals surface area contributed by atoms with Gasteiger partial charge < -0.3 is 9.67 Å². The molecule has 0 aliphatic carbocycles. The minimum Gasteiger partial charge on any atom is -0.396 e. The van der Waals surface area contributed by atoms with E-state index < -0.39 is 0 Å². The van der Waals surface area contributed by atoms with Crippen LogP contribution in [0.15, 0.2) is 29.5 Å². The van der Waals surface area contributed by atoms with Crippen molar-refractivity contribution >= 4 is 21.6 Å². The Morgan fingerprint density at radius 3 is 2.61 bits per heavy atom. The Hall–Kier alpha value is -2.78. The topological polar surface area (TPSA) is 90.8 Å². The molecule has 4 aromatic heterocycles. The van der Waals surface area contributed by atoms with Crippen LogP contribution < -0.4 is 5.56 Å². The van der Waals surface area contributed by atoms with Gasteiger partial charge in [-0.05, 0) is 51.7 Å². The smallest absolute Gasteiger partial charge is 0.262 e. The second-order valence-corrected chi connectivity index (χ2v) is 9.05. The minimum absolute atomic E-state index is 0.0460. The Morgan fingerprint density at radius 1 is 1.16 bits per heavy atom. The third-order valence-electron chi connectivity index (χ3n) is 5.48. The first kappa shape index (κ1) is 21.5. The molecule has 0 atom stereocenters. The van der Waals surface area contributed by atoms with Crippen LogP contribution in [-0.4, -0.2) is 40.6 Å². The van der Waals surface area contributed by atoms with E-state index in [-0.39, 0.29) is 18.2 Å². The highest BCUT2D eigenvalue weighted by molar-refractivity contribution is 7.22. The lowest BCUT2D eigenvalue weighted by atomic mass is 10.1. The Labute approximate surface area is 184 Å². The number of imidazole rings is 1. The van der Waals surface area contributed by atoms with Crippen molar-refractivity contribution in [1.82, 2.24) is 28.9 Å². The van der Waals surface area contributed by atoms with Crippen molar-refractivity contribution in [1.29, 1.82) is 0 Å². The molecule has 4 rings (SSSR count). The number of thiophene rings is 1. The first-order valence-corrected chi connectivity index (χ1v) is 11.4. The van der Waals surface area contributed by atoms with Crippen LogP contribution in [0.1, 0.15) is 44.7 Å². The SMILES string of the molecule is Cc1c(-c2ccn(C(C)C)n2)sc2nc(-c3nccn3C)n(CCCCCO)c(=O)c12. The highest BCUT2D eigenvalue weighted by Crippen LogP contribution is 2.36. The molecule has 0 saturated heterocycles. The number of nitrogens with zero attached hydrogens (tertiary/aromatic N) is 6. The van der Waals surface area contributed by atoms with E-state index in [0.29, 0.717) is 28.4 Å². The molecule has 0 saturated carbocycles. The molecule has 1 N–H and O–H groups in total. The highest BCUT2D eigenvalue weighted by Gasteiger charge is 2.22. The molecule has 4 heterocycles. The quantitative estimate of drug-likeness (QED) is 0.421. The van der Waals surface area contributed by atoms with Gasteiger partial charge in [0, 0.05) is 44.8 Å². The average Bonchev–Trinajstić information content (AvgIpc) is 3.45. The van der Waals surface area contributed by atoms with Gasteiger partial charge in [0.15, 0.2) is 11.6 Å². The molecule has 164 valence electrons. The predicted octanol–water partition coefficient (Wildman–Crippen LogP) is 3.77. The van der Waals surface area contributed by atoms with Gasteiger partial charge in [0.05, 0.1) is 10.3 Å². The zero-order valence-electron chi connectivity index (χ0n) is 18.4. The van der Waals surface area contributed by atoms with Gasteiger partial charge in [0.2, 0.25) is 0 Å². The molecule has 0 aliphatic heterocycles. The van der Waals surface area contributed by atoms with Crippen LogP contribution in [0.3, 0.4) is 0 Å². The van der Waals surface area contributed by atoms with E-state index in [1.807, 2.05) is 41.7 Å². The molecule has 0 aromatic carbocycles. The Morgan fingerprint density at radius 2 is 1.97 bits per heavy atom. The minimum atomic E-state index is -0.0460. The van der Waals surface area contributed by atoms with Crippen LogP contribution in [0.2, 0.25) is 0 Å². The third-order valence-corrected chi connectivity index (χ3v) is 6.69. The van der Waals surface area contributed by atoms with E-state index in [2.05, 4.69) is 18.8 Å². The summed E-state index contributed by atoms with van der Waals surface area (Å²) in [6.07, 6.45) is 7.90. The first-order valence-electron chi connectivity index (χ1n) is 10.6. The van der Waals surface area contributed by atoms with E-state index in [0.717, 1.165) is 35.4 Å². The predicted molar refractivity (Wildman–Crippen MR) is 123 cm³/mol. The summed E-state index contributed by atoms with van der Waals surface area (Å²) >= 11 is 1.50. The average molecular weight is 441 g/mol. The van der Waals surface area contributed by atoms with Crippen LogP contribution in [-0.2, 0) is 13.6 Å². The van der Waals surface area contributed by atoms with Crippen LogP contribution in [0, 0.1) is 6.92 Å². The van der Waals surface area contributed by atoms with Gasteiger partial charge in [-0.1, -0.05) is 0 Å². The lowest BCUT2D eigenvalue weighted by Crippen LogP contribution is -2.24. The van der Waals surface area contributed by atoms with Gasteiger partial charge in [-0.2, -0.15) is 5.10 Å². The number of aromatic nitrogens is 6. The Balaban J connectivity index is 1.87. The maximum absolute atomic E-state index is 13.6. The van der Waals surface area contributed by atoms with Crippen molar-refractivity contribution in [3.05, 3.63) is 40.6 Å². The van der Waals surface area contributed by atoms with Gasteiger partial charge in [-0.3, -0.25) is 14.0 Å². The number of hydrogen-bond donors (Lipinski definition) is 1. The molecular formula is C22H28N6O2S. The van der Waals surface area contributed by atoms with E-state index >= 15 is 0 Å². The third kappa shape index (κ3) is 3.95. The van der Waals surface area contributed by atoms with Gasteiger partial charge in [0.25, 0.3) is 5.56 Å². The largest absolute Gasteiger partial charge is 0.396 e. The maximum atomic E-state index is 13.6. The van der Waals surface area contributed by atoms with Gasteiger partial charge in [-0.25, -0.2) is 9.97 Å². The molecular weight excluding hydrogens is 412 g/mol. The van der Waals surface area contributed by atoms with Crippen LogP contribution >= 0.6 is 11.3 Å². The lowest BCUT2D eigenvalue weighted by molar-refractivity contribution is 0.282. The standard InChI is InChI=1S/C22H28N6O2S/c1-14(2)28-11-8-16(25-28)18-15(3)17-21(31-18)24-20(19-23-9-12-26(19)4)27(22(17)30)10-6-5-7-13-29/h8-9,11-12,14,29H,5-7,10,13H2,1-4H3.